The molecular weight excluding hydrogens is 278 g/mol. The predicted octanol–water partition coefficient (Wildman–Crippen LogP) is 4.85. The molecule has 3 aromatic rings. The van der Waals surface area contributed by atoms with Crippen LogP contribution in [-0.2, 0) is 0 Å². The first-order chi connectivity index (χ1) is 10.3. The van der Waals surface area contributed by atoms with E-state index in [4.69, 9.17) is 10.8 Å². The SMILES string of the molecule is Nc1cn(C2CCCCC2)nc1-c1cc2ccccc2s1. The molecule has 108 valence electrons. The Kier molecular flexibility index (Phi) is 3.19. The molecule has 21 heavy (non-hydrogen) atoms. The molecular formula is C17H19N3S. The van der Waals surface area contributed by atoms with Crippen molar-refractivity contribution in [2.45, 2.75) is 38.1 Å². The van der Waals surface area contributed by atoms with Gasteiger partial charge in [-0.15, -0.1) is 11.3 Å². The molecule has 0 spiro atoms. The molecule has 3 nitrogen and oxygen atoms in total. The normalized spacial score (nSPS) is 16.6. The summed E-state index contributed by atoms with van der Waals surface area (Å²) in [5.41, 5.74) is 7.97. The summed E-state index contributed by atoms with van der Waals surface area (Å²) in [6.07, 6.45) is 8.46. The maximum atomic E-state index is 6.23. The lowest BCUT2D eigenvalue weighted by molar-refractivity contribution is 0.330. The van der Waals surface area contributed by atoms with Gasteiger partial charge in [0.25, 0.3) is 0 Å². The second-order valence-electron chi connectivity index (χ2n) is 5.85. The van der Waals surface area contributed by atoms with Crippen LogP contribution in [0.1, 0.15) is 38.1 Å². The molecule has 2 N–H and O–H groups in total. The van der Waals surface area contributed by atoms with E-state index in [1.165, 1.54) is 47.1 Å². The van der Waals surface area contributed by atoms with Crippen LogP contribution in [0.15, 0.2) is 36.5 Å². The third-order valence-electron chi connectivity index (χ3n) is 4.37. The molecule has 2 aromatic heterocycles. The molecule has 4 rings (SSSR count). The summed E-state index contributed by atoms with van der Waals surface area (Å²) in [5.74, 6) is 0. The molecule has 0 atom stereocenters. The molecule has 1 saturated carbocycles. The van der Waals surface area contributed by atoms with Gasteiger partial charge in [-0.05, 0) is 30.4 Å². The van der Waals surface area contributed by atoms with Crippen LogP contribution < -0.4 is 5.73 Å². The fourth-order valence-corrected chi connectivity index (χ4v) is 4.30. The van der Waals surface area contributed by atoms with Crippen LogP contribution in [0.2, 0.25) is 0 Å². The van der Waals surface area contributed by atoms with Gasteiger partial charge in [0.2, 0.25) is 0 Å². The zero-order chi connectivity index (χ0) is 14.2. The number of anilines is 1. The Morgan fingerprint density at radius 3 is 2.76 bits per heavy atom. The van der Waals surface area contributed by atoms with Crippen LogP contribution in [0.25, 0.3) is 20.7 Å². The van der Waals surface area contributed by atoms with E-state index in [1.54, 1.807) is 11.3 Å². The Morgan fingerprint density at radius 2 is 1.95 bits per heavy atom. The number of nitrogen functional groups attached to an aromatic ring is 1. The fraction of sp³-hybridized carbons (Fsp3) is 0.353. The maximum Gasteiger partial charge on any atom is 0.125 e. The first kappa shape index (κ1) is 12.9. The van der Waals surface area contributed by atoms with E-state index in [1.807, 2.05) is 6.20 Å². The molecule has 1 fully saturated rings. The summed E-state index contributed by atoms with van der Waals surface area (Å²) >= 11 is 1.77. The van der Waals surface area contributed by atoms with Crippen LogP contribution in [0.4, 0.5) is 5.69 Å². The average Bonchev–Trinajstić information content (AvgIpc) is 3.11. The highest BCUT2D eigenvalue weighted by molar-refractivity contribution is 7.22. The smallest absolute Gasteiger partial charge is 0.125 e. The molecule has 1 aliphatic rings. The average molecular weight is 297 g/mol. The summed E-state index contributed by atoms with van der Waals surface area (Å²) in [4.78, 5) is 1.17. The lowest BCUT2D eigenvalue weighted by Crippen LogP contribution is -2.13. The predicted molar refractivity (Wildman–Crippen MR) is 89.6 cm³/mol. The number of aromatic nitrogens is 2. The van der Waals surface area contributed by atoms with Gasteiger partial charge in [-0.1, -0.05) is 37.5 Å². The number of nitrogens with zero attached hydrogens (tertiary/aromatic N) is 2. The highest BCUT2D eigenvalue weighted by atomic mass is 32.1. The van der Waals surface area contributed by atoms with Crippen LogP contribution in [0.5, 0.6) is 0 Å². The topological polar surface area (TPSA) is 43.8 Å². The van der Waals surface area contributed by atoms with Crippen molar-refractivity contribution in [3.63, 3.8) is 0 Å². The molecule has 4 heteroatoms. The van der Waals surface area contributed by atoms with Crippen molar-refractivity contribution in [3.05, 3.63) is 36.5 Å². The van der Waals surface area contributed by atoms with E-state index >= 15 is 0 Å². The minimum absolute atomic E-state index is 0.532. The third-order valence-corrected chi connectivity index (χ3v) is 5.49. The minimum Gasteiger partial charge on any atom is -0.396 e. The van der Waals surface area contributed by atoms with Crippen molar-refractivity contribution in [1.29, 1.82) is 0 Å². The molecule has 0 bridgehead atoms. The molecule has 0 saturated heterocycles. The van der Waals surface area contributed by atoms with Gasteiger partial charge < -0.3 is 5.73 Å². The molecule has 0 unspecified atom stereocenters. The van der Waals surface area contributed by atoms with Crippen LogP contribution >= 0.6 is 11.3 Å². The lowest BCUT2D eigenvalue weighted by atomic mass is 9.96. The van der Waals surface area contributed by atoms with Crippen LogP contribution in [0, 0.1) is 0 Å². The molecule has 0 radical (unpaired) electrons. The van der Waals surface area contributed by atoms with Crippen molar-refractivity contribution >= 4 is 27.1 Å². The van der Waals surface area contributed by atoms with Gasteiger partial charge in [0.05, 0.1) is 16.6 Å². The summed E-state index contributed by atoms with van der Waals surface area (Å²) in [5, 5.41) is 6.07. The Labute approximate surface area is 128 Å². The second kappa shape index (κ2) is 5.19. The minimum atomic E-state index is 0.532. The summed E-state index contributed by atoms with van der Waals surface area (Å²) < 4.78 is 3.40. The third kappa shape index (κ3) is 2.33. The summed E-state index contributed by atoms with van der Waals surface area (Å²) in [6.45, 7) is 0. The highest BCUT2D eigenvalue weighted by Gasteiger charge is 2.19. The Hall–Kier alpha value is -1.81. The quantitative estimate of drug-likeness (QED) is 0.734. The molecule has 1 aliphatic carbocycles. The summed E-state index contributed by atoms with van der Waals surface area (Å²) in [6, 6.07) is 11.2. The van der Waals surface area contributed by atoms with Gasteiger partial charge in [0.15, 0.2) is 0 Å². The maximum absolute atomic E-state index is 6.23. The monoisotopic (exact) mass is 297 g/mol. The van der Waals surface area contributed by atoms with E-state index in [0.717, 1.165) is 11.4 Å². The Bertz CT molecular complexity index is 732. The van der Waals surface area contributed by atoms with Crippen molar-refractivity contribution in [1.82, 2.24) is 9.78 Å². The molecule has 1 aromatic carbocycles. The standard InChI is InChI=1S/C17H19N3S/c18-14-11-20(13-7-2-1-3-8-13)19-17(14)16-10-12-6-4-5-9-15(12)21-16/h4-6,9-11,13H,1-3,7-8,18H2. The van der Waals surface area contributed by atoms with Gasteiger partial charge >= 0.3 is 0 Å². The van der Waals surface area contributed by atoms with Crippen molar-refractivity contribution in [2.75, 3.05) is 5.73 Å². The number of fused-ring (bicyclic) bond motifs is 1. The van der Waals surface area contributed by atoms with E-state index in [0.29, 0.717) is 6.04 Å². The Morgan fingerprint density at radius 1 is 1.14 bits per heavy atom. The fourth-order valence-electron chi connectivity index (χ4n) is 3.23. The molecule has 0 amide bonds. The van der Waals surface area contributed by atoms with Gasteiger partial charge in [0.1, 0.15) is 5.69 Å². The first-order valence-corrected chi connectivity index (χ1v) is 8.46. The lowest BCUT2D eigenvalue weighted by Gasteiger charge is -2.21. The number of nitrogens with two attached hydrogens (primary N) is 1. The highest BCUT2D eigenvalue weighted by Crippen LogP contribution is 2.37. The van der Waals surface area contributed by atoms with E-state index < -0.39 is 0 Å². The number of thiophene rings is 1. The number of rotatable bonds is 2. The van der Waals surface area contributed by atoms with Crippen LogP contribution in [0.3, 0.4) is 0 Å². The van der Waals surface area contributed by atoms with Gasteiger partial charge in [-0.3, -0.25) is 4.68 Å². The number of hydrogen-bond donors (Lipinski definition) is 1. The molecule has 0 aliphatic heterocycles. The Balaban J connectivity index is 1.72. The van der Waals surface area contributed by atoms with Crippen molar-refractivity contribution < 1.29 is 0 Å². The summed E-state index contributed by atoms with van der Waals surface area (Å²) in [7, 11) is 0. The van der Waals surface area contributed by atoms with Gasteiger partial charge in [0, 0.05) is 10.9 Å². The second-order valence-corrected chi connectivity index (χ2v) is 6.94. The van der Waals surface area contributed by atoms with E-state index in [-0.39, 0.29) is 0 Å². The van der Waals surface area contributed by atoms with Gasteiger partial charge in [-0.2, -0.15) is 5.10 Å². The van der Waals surface area contributed by atoms with Crippen LogP contribution in [-0.4, -0.2) is 9.78 Å². The first-order valence-electron chi connectivity index (χ1n) is 7.65. The van der Waals surface area contributed by atoms with Gasteiger partial charge in [-0.25, -0.2) is 0 Å². The number of benzene rings is 1. The van der Waals surface area contributed by atoms with Crippen molar-refractivity contribution in [3.8, 4) is 10.6 Å². The largest absolute Gasteiger partial charge is 0.396 e. The van der Waals surface area contributed by atoms with E-state index in [9.17, 15) is 0 Å². The van der Waals surface area contributed by atoms with Crippen molar-refractivity contribution in [2.24, 2.45) is 0 Å². The molecule has 2 heterocycles. The number of hydrogen-bond acceptors (Lipinski definition) is 3. The zero-order valence-corrected chi connectivity index (χ0v) is 12.8. The zero-order valence-electron chi connectivity index (χ0n) is 12.0. The van der Waals surface area contributed by atoms with E-state index in [2.05, 4.69) is 35.0 Å².